The Balaban J connectivity index is 2.49. The van der Waals surface area contributed by atoms with Crippen molar-refractivity contribution in [1.29, 1.82) is 0 Å². The van der Waals surface area contributed by atoms with Crippen LogP contribution in [0.2, 0.25) is 0 Å². The topological polar surface area (TPSA) is 104 Å². The summed E-state index contributed by atoms with van der Waals surface area (Å²) in [5.41, 5.74) is 0. The summed E-state index contributed by atoms with van der Waals surface area (Å²) < 4.78 is 23.8. The fourth-order valence-corrected chi connectivity index (χ4v) is 2.85. The zero-order chi connectivity index (χ0) is 12.3. The number of rotatable bonds is 4. The molecule has 7 nitrogen and oxygen atoms in total. The van der Waals surface area contributed by atoms with Crippen LogP contribution in [0.1, 0.15) is 13.3 Å². The fraction of sp³-hybridized carbons (Fsp3) is 0.750. The molecule has 0 saturated carbocycles. The molecule has 1 saturated heterocycles. The van der Waals surface area contributed by atoms with Crippen LogP contribution >= 0.6 is 0 Å². The molecule has 1 amide bonds. The molecule has 0 aromatic rings. The number of carbonyl (C=O) groups is 2. The Hall–Kier alpha value is -1.15. The van der Waals surface area contributed by atoms with E-state index in [-0.39, 0.29) is 12.3 Å². The highest BCUT2D eigenvalue weighted by Crippen LogP contribution is 2.12. The van der Waals surface area contributed by atoms with Gasteiger partial charge in [-0.25, -0.2) is 8.42 Å². The summed E-state index contributed by atoms with van der Waals surface area (Å²) in [5.74, 6) is -1.70. The number of carboxylic acid groups (broad SMARTS) is 1. The van der Waals surface area contributed by atoms with E-state index in [1.54, 1.807) is 0 Å². The Morgan fingerprint density at radius 2 is 2.12 bits per heavy atom. The van der Waals surface area contributed by atoms with Gasteiger partial charge >= 0.3 is 5.97 Å². The highest BCUT2D eigenvalue weighted by atomic mass is 32.2. The second-order valence-electron chi connectivity index (χ2n) is 3.63. The molecule has 1 unspecified atom stereocenters. The van der Waals surface area contributed by atoms with Gasteiger partial charge in [0.05, 0.1) is 12.3 Å². The summed E-state index contributed by atoms with van der Waals surface area (Å²) in [6, 6.07) is -1.02. The van der Waals surface area contributed by atoms with Crippen LogP contribution in [0, 0.1) is 0 Å². The molecule has 1 atom stereocenters. The summed E-state index contributed by atoms with van der Waals surface area (Å²) >= 11 is 0. The third-order valence-electron chi connectivity index (χ3n) is 2.27. The molecule has 1 aliphatic rings. The maximum atomic E-state index is 11.3. The highest BCUT2D eigenvalue weighted by molar-refractivity contribution is 7.89. The molecular formula is C8H14N2O5S. The predicted molar refractivity (Wildman–Crippen MR) is 55.2 cm³/mol. The second kappa shape index (κ2) is 4.79. The lowest BCUT2D eigenvalue weighted by molar-refractivity contribution is -0.141. The summed E-state index contributed by atoms with van der Waals surface area (Å²) in [6.07, 6.45) is 0.504. The van der Waals surface area contributed by atoms with Gasteiger partial charge in [-0.05, 0) is 13.3 Å². The lowest BCUT2D eigenvalue weighted by atomic mass is 10.3. The van der Waals surface area contributed by atoms with E-state index in [9.17, 15) is 18.0 Å². The number of amides is 1. The Bertz CT molecular complexity index is 391. The number of nitrogens with one attached hydrogen (secondary N) is 1. The van der Waals surface area contributed by atoms with Crippen LogP contribution < -0.4 is 5.32 Å². The first kappa shape index (κ1) is 12.9. The maximum absolute atomic E-state index is 11.3. The van der Waals surface area contributed by atoms with Gasteiger partial charge < -0.3 is 10.4 Å². The van der Waals surface area contributed by atoms with Crippen LogP contribution in [0.3, 0.4) is 0 Å². The van der Waals surface area contributed by atoms with Gasteiger partial charge in [0, 0.05) is 6.54 Å². The van der Waals surface area contributed by atoms with Crippen molar-refractivity contribution >= 4 is 21.9 Å². The van der Waals surface area contributed by atoms with Gasteiger partial charge in [0.2, 0.25) is 15.9 Å². The van der Waals surface area contributed by atoms with E-state index >= 15 is 0 Å². The predicted octanol–water partition coefficient (Wildman–Crippen LogP) is -1.39. The summed E-state index contributed by atoms with van der Waals surface area (Å²) in [6.45, 7) is 1.33. The molecule has 8 heteroatoms. The summed E-state index contributed by atoms with van der Waals surface area (Å²) in [7, 11) is -3.31. The maximum Gasteiger partial charge on any atom is 0.325 e. The van der Waals surface area contributed by atoms with Crippen molar-refractivity contribution in [2.45, 2.75) is 19.4 Å². The van der Waals surface area contributed by atoms with E-state index in [2.05, 4.69) is 5.32 Å². The lowest BCUT2D eigenvalue weighted by Gasteiger charge is -2.15. The molecule has 0 aromatic heterocycles. The molecule has 0 radical (unpaired) electrons. The average Bonchev–Trinajstić information content (AvgIpc) is 2.45. The first-order chi connectivity index (χ1) is 7.33. The zero-order valence-electron chi connectivity index (χ0n) is 8.84. The van der Waals surface area contributed by atoms with Crippen LogP contribution in [-0.4, -0.2) is 54.6 Å². The van der Waals surface area contributed by atoms with Gasteiger partial charge in [-0.15, -0.1) is 0 Å². The molecule has 0 aromatic carbocycles. The number of hydrogen-bond donors (Lipinski definition) is 2. The van der Waals surface area contributed by atoms with Crippen molar-refractivity contribution in [2.24, 2.45) is 0 Å². The Kier molecular flexibility index (Phi) is 3.87. The molecule has 1 rings (SSSR count). The molecule has 1 heterocycles. The first-order valence-corrected chi connectivity index (χ1v) is 6.44. The fourth-order valence-electron chi connectivity index (χ4n) is 1.38. The van der Waals surface area contributed by atoms with Crippen molar-refractivity contribution < 1.29 is 23.1 Å². The van der Waals surface area contributed by atoms with Crippen LogP contribution in [0.4, 0.5) is 0 Å². The first-order valence-electron chi connectivity index (χ1n) is 4.83. The number of nitrogens with zero attached hydrogens (tertiary/aromatic N) is 1. The van der Waals surface area contributed by atoms with E-state index in [0.29, 0.717) is 13.0 Å². The van der Waals surface area contributed by atoms with Gasteiger partial charge in [0.1, 0.15) is 6.04 Å². The lowest BCUT2D eigenvalue weighted by Crippen LogP contribution is -2.44. The van der Waals surface area contributed by atoms with E-state index < -0.39 is 27.9 Å². The number of carboxylic acids is 1. The molecule has 0 aliphatic carbocycles. The number of carbonyl (C=O) groups excluding carboxylic acids is 1. The van der Waals surface area contributed by atoms with Crippen molar-refractivity contribution in [2.75, 3.05) is 18.8 Å². The van der Waals surface area contributed by atoms with Crippen LogP contribution in [-0.2, 0) is 19.6 Å². The molecule has 92 valence electrons. The monoisotopic (exact) mass is 250 g/mol. The molecule has 2 N–H and O–H groups in total. The van der Waals surface area contributed by atoms with Crippen molar-refractivity contribution in [3.8, 4) is 0 Å². The molecule has 1 fully saturated rings. The Morgan fingerprint density at radius 3 is 2.56 bits per heavy atom. The quantitative estimate of drug-likeness (QED) is 0.639. The van der Waals surface area contributed by atoms with E-state index in [4.69, 9.17) is 5.11 Å². The minimum absolute atomic E-state index is 0.0504. The number of aliphatic carboxylic acids is 1. The summed E-state index contributed by atoms with van der Waals surface area (Å²) in [4.78, 5) is 21.8. The van der Waals surface area contributed by atoms with E-state index in [0.717, 1.165) is 4.31 Å². The third-order valence-corrected chi connectivity index (χ3v) is 4.17. The Labute approximate surface area is 93.5 Å². The molecule has 16 heavy (non-hydrogen) atoms. The highest BCUT2D eigenvalue weighted by Gasteiger charge is 2.30. The van der Waals surface area contributed by atoms with Gasteiger partial charge in [0.25, 0.3) is 0 Å². The number of hydrogen-bond acceptors (Lipinski definition) is 4. The molecule has 0 bridgehead atoms. The van der Waals surface area contributed by atoms with Crippen LogP contribution in [0.5, 0.6) is 0 Å². The van der Waals surface area contributed by atoms with Crippen molar-refractivity contribution in [3.63, 3.8) is 0 Å². The van der Waals surface area contributed by atoms with Crippen molar-refractivity contribution in [3.05, 3.63) is 0 Å². The van der Waals surface area contributed by atoms with Gasteiger partial charge in [-0.1, -0.05) is 0 Å². The minimum Gasteiger partial charge on any atom is -0.480 e. The third kappa shape index (κ3) is 3.17. The SMILES string of the molecule is CC(NC(=O)CN1CCCS1(=O)=O)C(=O)O. The van der Waals surface area contributed by atoms with Gasteiger partial charge in [0.15, 0.2) is 0 Å². The van der Waals surface area contributed by atoms with Gasteiger partial charge in [-0.3, -0.25) is 9.59 Å². The van der Waals surface area contributed by atoms with Crippen LogP contribution in [0.25, 0.3) is 0 Å². The van der Waals surface area contributed by atoms with Crippen LogP contribution in [0.15, 0.2) is 0 Å². The van der Waals surface area contributed by atoms with Crippen molar-refractivity contribution in [1.82, 2.24) is 9.62 Å². The average molecular weight is 250 g/mol. The standard InChI is InChI=1S/C8H14N2O5S/c1-6(8(12)13)9-7(11)5-10-3-2-4-16(10,14)15/h6H,2-5H2,1H3,(H,9,11)(H,12,13). The Morgan fingerprint density at radius 1 is 1.50 bits per heavy atom. The zero-order valence-corrected chi connectivity index (χ0v) is 9.66. The molecule has 1 aliphatic heterocycles. The normalized spacial score (nSPS) is 21.6. The smallest absolute Gasteiger partial charge is 0.325 e. The second-order valence-corrected chi connectivity index (χ2v) is 5.72. The largest absolute Gasteiger partial charge is 0.480 e. The number of sulfonamides is 1. The minimum atomic E-state index is -3.31. The van der Waals surface area contributed by atoms with E-state index in [1.807, 2.05) is 0 Å². The van der Waals surface area contributed by atoms with E-state index in [1.165, 1.54) is 6.92 Å². The molecular weight excluding hydrogens is 236 g/mol. The molecule has 0 spiro atoms. The summed E-state index contributed by atoms with van der Waals surface area (Å²) in [5, 5.41) is 10.7. The van der Waals surface area contributed by atoms with Gasteiger partial charge in [-0.2, -0.15) is 4.31 Å².